The van der Waals surface area contributed by atoms with Crippen LogP contribution in [0.1, 0.15) is 26.7 Å². The summed E-state index contributed by atoms with van der Waals surface area (Å²) in [4.78, 5) is 35.1. The molecule has 0 bridgehead atoms. The molecule has 0 unspecified atom stereocenters. The van der Waals surface area contributed by atoms with Gasteiger partial charge in [0.1, 0.15) is 12.1 Å². The molecule has 8 nitrogen and oxygen atoms in total. The van der Waals surface area contributed by atoms with Gasteiger partial charge >= 0.3 is 5.97 Å². The molecule has 0 fully saturated rings. The Morgan fingerprint density at radius 1 is 1.13 bits per heavy atom. The fraction of sp³-hybridized carbons (Fsp3) is 0.786. The second-order valence-corrected chi connectivity index (χ2v) is 6.65. The number of carboxylic acids is 1. The highest BCUT2D eigenvalue weighted by Crippen LogP contribution is 2.05. The number of nitrogens with two attached hydrogens (primary N) is 1. The van der Waals surface area contributed by atoms with Gasteiger partial charge in [0.25, 0.3) is 0 Å². The van der Waals surface area contributed by atoms with Crippen molar-refractivity contribution in [2.24, 2.45) is 11.7 Å². The van der Waals surface area contributed by atoms with Gasteiger partial charge in [-0.15, -0.1) is 0 Å². The van der Waals surface area contributed by atoms with Crippen LogP contribution in [0.15, 0.2) is 0 Å². The first kappa shape index (κ1) is 21.7. The number of nitrogens with one attached hydrogen (secondary N) is 2. The van der Waals surface area contributed by atoms with Crippen molar-refractivity contribution in [2.45, 2.75) is 44.8 Å². The molecule has 0 aromatic heterocycles. The third kappa shape index (κ3) is 8.77. The average molecular weight is 349 g/mol. The number of aliphatic carboxylic acids is 1. The Kier molecular flexibility index (Phi) is 10.6. The van der Waals surface area contributed by atoms with E-state index >= 15 is 0 Å². The quantitative estimate of drug-likeness (QED) is 0.327. The van der Waals surface area contributed by atoms with Crippen molar-refractivity contribution in [3.05, 3.63) is 0 Å². The fourth-order valence-electron chi connectivity index (χ4n) is 1.81. The van der Waals surface area contributed by atoms with Crippen molar-refractivity contribution < 1.29 is 24.6 Å². The van der Waals surface area contributed by atoms with Crippen LogP contribution in [0.5, 0.6) is 0 Å². The molecule has 0 aromatic rings. The molecule has 0 saturated heterocycles. The number of carbonyl (C=O) groups excluding carboxylic acids is 2. The number of carboxylic acid groups (broad SMARTS) is 1. The molecule has 3 atom stereocenters. The third-order valence-corrected chi connectivity index (χ3v) is 3.75. The zero-order chi connectivity index (χ0) is 18.0. The second-order valence-electron chi connectivity index (χ2n) is 5.66. The maximum Gasteiger partial charge on any atom is 0.326 e. The molecule has 2 amide bonds. The monoisotopic (exact) mass is 349 g/mol. The Morgan fingerprint density at radius 3 is 2.13 bits per heavy atom. The summed E-state index contributed by atoms with van der Waals surface area (Å²) in [5, 5.41) is 23.0. The molecule has 6 N–H and O–H groups in total. The number of aliphatic hydroxyl groups is 1. The summed E-state index contributed by atoms with van der Waals surface area (Å²) < 4.78 is 0. The van der Waals surface area contributed by atoms with Gasteiger partial charge in [-0.1, -0.05) is 13.8 Å². The van der Waals surface area contributed by atoms with Crippen molar-refractivity contribution in [1.82, 2.24) is 10.6 Å². The summed E-state index contributed by atoms with van der Waals surface area (Å²) >= 11 is 1.54. The van der Waals surface area contributed by atoms with Crippen LogP contribution in [0.3, 0.4) is 0 Å². The molecule has 9 heteroatoms. The molecular formula is C14H27N3O5S. The van der Waals surface area contributed by atoms with Crippen LogP contribution in [0.4, 0.5) is 0 Å². The van der Waals surface area contributed by atoms with Crippen LogP contribution in [0.2, 0.25) is 0 Å². The summed E-state index contributed by atoms with van der Waals surface area (Å²) in [5.41, 5.74) is 5.69. The molecule has 0 aliphatic rings. The molecule has 0 heterocycles. The topological polar surface area (TPSA) is 142 Å². The van der Waals surface area contributed by atoms with Gasteiger partial charge in [0, 0.05) is 0 Å². The summed E-state index contributed by atoms with van der Waals surface area (Å²) in [6.45, 7) is 3.02. The van der Waals surface area contributed by atoms with E-state index in [2.05, 4.69) is 10.6 Å². The molecular weight excluding hydrogens is 322 g/mol. The van der Waals surface area contributed by atoms with E-state index in [9.17, 15) is 19.5 Å². The van der Waals surface area contributed by atoms with Crippen LogP contribution in [0.25, 0.3) is 0 Å². The van der Waals surface area contributed by atoms with E-state index in [1.54, 1.807) is 11.8 Å². The first-order valence-electron chi connectivity index (χ1n) is 7.41. The van der Waals surface area contributed by atoms with E-state index in [1.165, 1.54) is 0 Å². The number of carbonyl (C=O) groups is 3. The summed E-state index contributed by atoms with van der Waals surface area (Å²) in [7, 11) is 0. The van der Waals surface area contributed by atoms with Crippen molar-refractivity contribution in [1.29, 1.82) is 0 Å². The summed E-state index contributed by atoms with van der Waals surface area (Å²) in [6, 6.07) is -3.08. The minimum absolute atomic E-state index is 0.0681. The van der Waals surface area contributed by atoms with E-state index in [0.29, 0.717) is 12.2 Å². The van der Waals surface area contributed by atoms with E-state index in [1.807, 2.05) is 20.1 Å². The van der Waals surface area contributed by atoms with E-state index in [4.69, 9.17) is 10.8 Å². The Bertz CT molecular complexity index is 406. The van der Waals surface area contributed by atoms with Gasteiger partial charge in [0.05, 0.1) is 12.6 Å². The predicted octanol–water partition coefficient (Wildman–Crippen LogP) is -0.841. The van der Waals surface area contributed by atoms with Crippen LogP contribution in [-0.2, 0) is 14.4 Å². The molecule has 0 aliphatic heterocycles. The molecule has 0 radical (unpaired) electrons. The number of amides is 2. The van der Waals surface area contributed by atoms with Crippen molar-refractivity contribution >= 4 is 29.5 Å². The molecule has 0 saturated carbocycles. The van der Waals surface area contributed by atoms with Crippen LogP contribution in [-0.4, -0.2) is 64.7 Å². The van der Waals surface area contributed by atoms with Gasteiger partial charge in [0.2, 0.25) is 11.8 Å². The first-order valence-corrected chi connectivity index (χ1v) is 8.81. The lowest BCUT2D eigenvalue weighted by Crippen LogP contribution is -2.56. The van der Waals surface area contributed by atoms with Gasteiger partial charge in [-0.2, -0.15) is 11.8 Å². The standard InChI is InChI=1S/C14H27N3O5S/c1-8(2)6-10(14(21)22)16-13(20)11(7-18)17-12(19)9(15)4-5-23-3/h8-11,18H,4-7,15H2,1-3H3,(H,16,20)(H,17,19)(H,21,22)/t9-,10-,11-/m0/s1. The van der Waals surface area contributed by atoms with Crippen molar-refractivity contribution in [3.63, 3.8) is 0 Å². The van der Waals surface area contributed by atoms with E-state index in [0.717, 1.165) is 0 Å². The molecule has 0 aliphatic carbocycles. The van der Waals surface area contributed by atoms with Crippen LogP contribution in [0, 0.1) is 5.92 Å². The second kappa shape index (κ2) is 11.3. The predicted molar refractivity (Wildman–Crippen MR) is 89.0 cm³/mol. The van der Waals surface area contributed by atoms with Crippen molar-refractivity contribution in [3.8, 4) is 0 Å². The SMILES string of the molecule is CSCC[C@H](N)C(=O)N[C@@H](CO)C(=O)N[C@@H](CC(C)C)C(=O)O. The number of aliphatic hydroxyl groups excluding tert-OH is 1. The molecule has 134 valence electrons. The highest BCUT2D eigenvalue weighted by Gasteiger charge is 2.27. The number of rotatable bonds is 11. The third-order valence-electron chi connectivity index (χ3n) is 3.11. The normalized spacial score (nSPS) is 14.9. The van der Waals surface area contributed by atoms with Gasteiger partial charge in [-0.3, -0.25) is 9.59 Å². The minimum atomic E-state index is -1.23. The minimum Gasteiger partial charge on any atom is -0.480 e. The van der Waals surface area contributed by atoms with Crippen molar-refractivity contribution in [2.75, 3.05) is 18.6 Å². The summed E-state index contributed by atoms with van der Waals surface area (Å²) in [5.74, 6) is -1.69. The molecule has 0 aromatic carbocycles. The highest BCUT2D eigenvalue weighted by atomic mass is 32.2. The summed E-state index contributed by atoms with van der Waals surface area (Å²) in [6.07, 6.45) is 2.58. The zero-order valence-electron chi connectivity index (χ0n) is 13.7. The van der Waals surface area contributed by atoms with E-state index in [-0.39, 0.29) is 12.3 Å². The number of hydrogen-bond acceptors (Lipinski definition) is 6. The highest BCUT2D eigenvalue weighted by molar-refractivity contribution is 7.98. The Hall–Kier alpha value is -1.32. The lowest BCUT2D eigenvalue weighted by atomic mass is 10.0. The lowest BCUT2D eigenvalue weighted by Gasteiger charge is -2.22. The maximum absolute atomic E-state index is 12.0. The van der Waals surface area contributed by atoms with Crippen LogP contribution >= 0.6 is 11.8 Å². The molecule has 23 heavy (non-hydrogen) atoms. The van der Waals surface area contributed by atoms with Gasteiger partial charge in [-0.05, 0) is 30.8 Å². The van der Waals surface area contributed by atoms with E-state index < -0.39 is 42.5 Å². The number of hydrogen-bond donors (Lipinski definition) is 5. The van der Waals surface area contributed by atoms with Crippen LogP contribution < -0.4 is 16.4 Å². The van der Waals surface area contributed by atoms with Gasteiger partial charge in [0.15, 0.2) is 0 Å². The first-order chi connectivity index (χ1) is 10.7. The molecule has 0 spiro atoms. The average Bonchev–Trinajstić information content (AvgIpc) is 2.48. The van der Waals surface area contributed by atoms with Gasteiger partial charge < -0.3 is 26.6 Å². The van der Waals surface area contributed by atoms with Gasteiger partial charge in [-0.25, -0.2) is 4.79 Å². The Morgan fingerprint density at radius 2 is 1.70 bits per heavy atom. The Labute approximate surface area is 140 Å². The zero-order valence-corrected chi connectivity index (χ0v) is 14.6. The Balaban J connectivity index is 4.66. The maximum atomic E-state index is 12.0. The lowest BCUT2D eigenvalue weighted by molar-refractivity contribution is -0.143. The smallest absolute Gasteiger partial charge is 0.326 e. The number of thioether (sulfide) groups is 1. The molecule has 0 rings (SSSR count). The largest absolute Gasteiger partial charge is 0.480 e. The fourth-order valence-corrected chi connectivity index (χ4v) is 2.30.